The molecule has 2 fully saturated rings. The number of likely N-dealkylation sites (tertiary alicyclic amines) is 1. The lowest BCUT2D eigenvalue weighted by atomic mass is 9.84. The van der Waals surface area contributed by atoms with E-state index in [1.807, 2.05) is 17.0 Å². The third-order valence-electron chi connectivity index (χ3n) is 5.32. The van der Waals surface area contributed by atoms with Crippen molar-refractivity contribution in [2.75, 3.05) is 19.3 Å². The monoisotopic (exact) mass is 338 g/mol. The first-order valence-corrected chi connectivity index (χ1v) is 10.1. The normalized spacial score (nSPS) is 25.3. The third-order valence-corrected chi connectivity index (χ3v) is 7.09. The minimum Gasteiger partial charge on any atom is -0.467 e. The minimum absolute atomic E-state index is 0.0111. The zero-order valence-electron chi connectivity index (χ0n) is 13.8. The van der Waals surface area contributed by atoms with E-state index < -0.39 is 10.8 Å². The Morgan fingerprint density at radius 3 is 2.83 bits per heavy atom. The minimum atomic E-state index is -0.897. The van der Waals surface area contributed by atoms with Gasteiger partial charge in [0.25, 0.3) is 0 Å². The first-order chi connectivity index (χ1) is 11.1. The van der Waals surface area contributed by atoms with E-state index in [4.69, 9.17) is 4.42 Å². The van der Waals surface area contributed by atoms with Gasteiger partial charge in [0.15, 0.2) is 0 Å². The van der Waals surface area contributed by atoms with Crippen LogP contribution in [0.3, 0.4) is 0 Å². The summed E-state index contributed by atoms with van der Waals surface area (Å²) in [4.78, 5) is 14.6. The third kappa shape index (κ3) is 3.47. The molecule has 2 amide bonds. The molecule has 1 saturated heterocycles. The van der Waals surface area contributed by atoms with E-state index in [0.717, 1.165) is 57.3 Å². The quantitative estimate of drug-likeness (QED) is 0.917. The summed E-state index contributed by atoms with van der Waals surface area (Å²) in [5.41, 5.74) is 0. The topological polar surface area (TPSA) is 62.6 Å². The highest BCUT2D eigenvalue weighted by Gasteiger charge is 2.41. The van der Waals surface area contributed by atoms with Crippen LogP contribution in [-0.4, -0.2) is 39.2 Å². The van der Waals surface area contributed by atoms with Crippen LogP contribution in [0, 0.1) is 0 Å². The Kier molecular flexibility index (Phi) is 5.09. The van der Waals surface area contributed by atoms with Gasteiger partial charge in [0.2, 0.25) is 0 Å². The van der Waals surface area contributed by atoms with Gasteiger partial charge in [-0.25, -0.2) is 4.79 Å². The van der Waals surface area contributed by atoms with E-state index in [1.165, 1.54) is 0 Å². The van der Waals surface area contributed by atoms with Crippen molar-refractivity contribution >= 4 is 16.8 Å². The predicted molar refractivity (Wildman–Crippen MR) is 90.7 cm³/mol. The maximum absolute atomic E-state index is 12.7. The molecule has 1 aliphatic carbocycles. The van der Waals surface area contributed by atoms with E-state index in [9.17, 15) is 9.00 Å². The number of hydrogen-bond donors (Lipinski definition) is 1. The zero-order valence-corrected chi connectivity index (χ0v) is 14.6. The Bertz CT molecular complexity index is 554. The molecule has 0 radical (unpaired) electrons. The van der Waals surface area contributed by atoms with Gasteiger partial charge in [-0.05, 0) is 37.8 Å². The zero-order chi connectivity index (χ0) is 16.3. The van der Waals surface area contributed by atoms with Gasteiger partial charge in [0, 0.05) is 30.1 Å². The molecule has 0 spiro atoms. The molecule has 128 valence electrons. The van der Waals surface area contributed by atoms with Crippen LogP contribution in [0.15, 0.2) is 22.8 Å². The van der Waals surface area contributed by atoms with Gasteiger partial charge in [-0.2, -0.15) is 0 Å². The van der Waals surface area contributed by atoms with Crippen LogP contribution in [0.1, 0.15) is 56.7 Å². The largest absolute Gasteiger partial charge is 0.467 e. The summed E-state index contributed by atoms with van der Waals surface area (Å²) in [6, 6.07) is 3.78. The average Bonchev–Trinajstić information content (AvgIpc) is 2.90. The van der Waals surface area contributed by atoms with Crippen molar-refractivity contribution < 1.29 is 13.4 Å². The molecule has 1 aromatic rings. The first kappa shape index (κ1) is 16.6. The lowest BCUT2D eigenvalue weighted by Gasteiger charge is -2.40. The second-order valence-corrected chi connectivity index (χ2v) is 8.50. The average molecular weight is 338 g/mol. The second-order valence-electron chi connectivity index (χ2n) is 6.72. The van der Waals surface area contributed by atoms with Gasteiger partial charge >= 0.3 is 6.03 Å². The Morgan fingerprint density at radius 1 is 1.39 bits per heavy atom. The molecule has 6 heteroatoms. The fourth-order valence-corrected chi connectivity index (χ4v) is 4.74. The highest BCUT2D eigenvalue weighted by Crippen LogP contribution is 2.36. The Labute approximate surface area is 140 Å². The molecule has 0 bridgehead atoms. The first-order valence-electron chi connectivity index (χ1n) is 8.54. The number of nitrogens with one attached hydrogen (secondary N) is 1. The van der Waals surface area contributed by atoms with Crippen LogP contribution in [0.4, 0.5) is 4.79 Å². The van der Waals surface area contributed by atoms with Crippen LogP contribution in [0.5, 0.6) is 0 Å². The maximum atomic E-state index is 12.7. The van der Waals surface area contributed by atoms with Crippen molar-refractivity contribution in [2.45, 2.75) is 55.7 Å². The van der Waals surface area contributed by atoms with Gasteiger partial charge in [-0.3, -0.25) is 4.21 Å². The van der Waals surface area contributed by atoms with Gasteiger partial charge in [0.1, 0.15) is 5.76 Å². The SMILES string of the molecule is C[S@](=O)C1(CNC(=O)N2CCCCC[C@@H]2c2ccco2)CCC1. The smallest absolute Gasteiger partial charge is 0.318 e. The number of rotatable bonds is 4. The molecule has 0 unspecified atom stereocenters. The Balaban J connectivity index is 1.67. The number of carbonyl (C=O) groups is 1. The van der Waals surface area contributed by atoms with Crippen molar-refractivity contribution in [1.82, 2.24) is 10.2 Å². The molecule has 23 heavy (non-hydrogen) atoms. The lowest BCUT2D eigenvalue weighted by molar-refractivity contribution is 0.163. The molecular formula is C17H26N2O3S. The summed E-state index contributed by atoms with van der Waals surface area (Å²) in [7, 11) is -0.897. The fourth-order valence-electron chi connectivity index (χ4n) is 3.60. The predicted octanol–water partition coefficient (Wildman–Crippen LogP) is 3.21. The number of amides is 2. The Morgan fingerprint density at radius 2 is 2.22 bits per heavy atom. The maximum Gasteiger partial charge on any atom is 0.318 e. The van der Waals surface area contributed by atoms with Gasteiger partial charge in [-0.1, -0.05) is 19.3 Å². The lowest BCUT2D eigenvalue weighted by Crippen LogP contribution is -2.53. The van der Waals surface area contributed by atoms with Crippen molar-refractivity contribution in [2.24, 2.45) is 0 Å². The molecule has 1 aromatic heterocycles. The van der Waals surface area contributed by atoms with Gasteiger partial charge < -0.3 is 14.6 Å². The van der Waals surface area contributed by atoms with Crippen LogP contribution < -0.4 is 5.32 Å². The fraction of sp³-hybridized carbons (Fsp3) is 0.706. The van der Waals surface area contributed by atoms with Crippen LogP contribution in [-0.2, 0) is 10.8 Å². The van der Waals surface area contributed by atoms with Gasteiger partial charge in [-0.15, -0.1) is 0 Å². The van der Waals surface area contributed by atoms with Crippen LogP contribution in [0.2, 0.25) is 0 Å². The molecule has 3 rings (SSSR count). The van der Waals surface area contributed by atoms with Crippen LogP contribution >= 0.6 is 0 Å². The summed E-state index contributed by atoms with van der Waals surface area (Å²) in [6.45, 7) is 1.26. The molecule has 1 aliphatic heterocycles. The summed E-state index contributed by atoms with van der Waals surface area (Å²) < 4.78 is 17.3. The molecule has 0 aromatic carbocycles. The number of nitrogens with zero attached hydrogens (tertiary/aromatic N) is 1. The number of urea groups is 1. The van der Waals surface area contributed by atoms with Crippen molar-refractivity contribution in [1.29, 1.82) is 0 Å². The molecule has 1 saturated carbocycles. The number of carbonyl (C=O) groups excluding carboxylic acids is 1. The number of furan rings is 1. The van der Waals surface area contributed by atoms with Crippen molar-refractivity contribution in [3.05, 3.63) is 24.2 Å². The summed E-state index contributed by atoms with van der Waals surface area (Å²) >= 11 is 0. The summed E-state index contributed by atoms with van der Waals surface area (Å²) in [5, 5.41) is 3.05. The number of hydrogen-bond acceptors (Lipinski definition) is 3. The summed E-state index contributed by atoms with van der Waals surface area (Å²) in [6.07, 6.45) is 10.6. The standard InChI is InChI=1S/C17H26N2O3S/c1-23(21)17(9-6-10-17)13-18-16(20)19-11-4-2-3-7-14(19)15-8-5-12-22-15/h5,8,12,14H,2-4,6-7,9-11,13H2,1H3,(H,18,20)/t14-,23+/m1/s1. The molecule has 5 nitrogen and oxygen atoms in total. The van der Waals surface area contributed by atoms with E-state index in [-0.39, 0.29) is 16.8 Å². The molecule has 1 N–H and O–H groups in total. The van der Waals surface area contributed by atoms with E-state index >= 15 is 0 Å². The van der Waals surface area contributed by atoms with Crippen molar-refractivity contribution in [3.8, 4) is 0 Å². The summed E-state index contributed by atoms with van der Waals surface area (Å²) in [5.74, 6) is 0.861. The van der Waals surface area contributed by atoms with E-state index in [0.29, 0.717) is 6.54 Å². The molecule has 2 atom stereocenters. The van der Waals surface area contributed by atoms with Crippen molar-refractivity contribution in [3.63, 3.8) is 0 Å². The van der Waals surface area contributed by atoms with E-state index in [1.54, 1.807) is 12.5 Å². The molecule has 2 aliphatic rings. The van der Waals surface area contributed by atoms with Crippen LogP contribution in [0.25, 0.3) is 0 Å². The molecular weight excluding hydrogens is 312 g/mol. The van der Waals surface area contributed by atoms with Gasteiger partial charge in [0.05, 0.1) is 17.1 Å². The molecule has 2 heterocycles. The van der Waals surface area contributed by atoms with E-state index in [2.05, 4.69) is 5.32 Å². The second kappa shape index (κ2) is 7.07. The highest BCUT2D eigenvalue weighted by molar-refractivity contribution is 7.85. The Hall–Kier alpha value is -1.30. The highest BCUT2D eigenvalue weighted by atomic mass is 32.2.